The minimum Gasteiger partial charge on any atom is -0.302 e. The molecule has 4 heteroatoms. The maximum atomic E-state index is 6.05. The van der Waals surface area contributed by atoms with Crippen LogP contribution in [0.25, 0.3) is 16.9 Å². The van der Waals surface area contributed by atoms with Gasteiger partial charge in [0.05, 0.1) is 17.3 Å². The van der Waals surface area contributed by atoms with Crippen LogP contribution in [0.3, 0.4) is 0 Å². The van der Waals surface area contributed by atoms with Crippen LogP contribution < -0.4 is 0 Å². The van der Waals surface area contributed by atoms with E-state index in [9.17, 15) is 0 Å². The summed E-state index contributed by atoms with van der Waals surface area (Å²) in [6, 6.07) is 13.5. The third-order valence-electron chi connectivity index (χ3n) is 2.87. The molecule has 2 nitrogen and oxygen atoms in total. The van der Waals surface area contributed by atoms with Crippen LogP contribution in [0.1, 0.15) is 5.69 Å². The fraction of sp³-hybridized carbons (Fsp3) is 0.0714. The molecule has 0 bridgehead atoms. The summed E-state index contributed by atoms with van der Waals surface area (Å²) < 4.78 is 2.01. The Hall–Kier alpha value is -1.51. The number of nitrogens with zero attached hydrogens (tertiary/aromatic N) is 2. The maximum absolute atomic E-state index is 6.05. The Morgan fingerprint density at radius 3 is 2.56 bits per heavy atom. The second-order valence-corrected chi connectivity index (χ2v) is 4.68. The molecule has 0 aliphatic heterocycles. The molecule has 0 aliphatic carbocycles. The molecule has 3 rings (SSSR count). The molecule has 0 aliphatic rings. The Bertz CT molecular complexity index is 687. The predicted octanol–water partition coefficient (Wildman–Crippen LogP) is 4.39. The number of alkyl halides is 1. The zero-order valence-electron chi connectivity index (χ0n) is 9.48. The molecule has 0 saturated carbocycles. The van der Waals surface area contributed by atoms with Crippen molar-refractivity contribution < 1.29 is 0 Å². The molecule has 0 saturated heterocycles. The molecule has 0 radical (unpaired) electrons. The summed E-state index contributed by atoms with van der Waals surface area (Å²) in [6.45, 7) is 0. The minimum atomic E-state index is 0.420. The van der Waals surface area contributed by atoms with Gasteiger partial charge in [-0.3, -0.25) is 0 Å². The second kappa shape index (κ2) is 4.63. The predicted molar refractivity (Wildman–Crippen MR) is 75.2 cm³/mol. The molecule has 2 aromatic heterocycles. The van der Waals surface area contributed by atoms with Crippen molar-refractivity contribution in [3.05, 3.63) is 59.4 Å². The van der Waals surface area contributed by atoms with Crippen LogP contribution in [0.15, 0.2) is 48.7 Å². The van der Waals surface area contributed by atoms with Gasteiger partial charge in [0.25, 0.3) is 0 Å². The highest BCUT2D eigenvalue weighted by Crippen LogP contribution is 2.26. The van der Waals surface area contributed by atoms with Gasteiger partial charge < -0.3 is 4.40 Å². The van der Waals surface area contributed by atoms with Gasteiger partial charge in [0.15, 0.2) is 0 Å². The Labute approximate surface area is 115 Å². The van der Waals surface area contributed by atoms with Crippen molar-refractivity contribution in [3.63, 3.8) is 0 Å². The topological polar surface area (TPSA) is 17.3 Å². The first-order valence-corrected chi connectivity index (χ1v) is 6.48. The molecule has 3 aromatic rings. The summed E-state index contributed by atoms with van der Waals surface area (Å²) in [5, 5.41) is 0.718. The van der Waals surface area contributed by atoms with Crippen molar-refractivity contribution in [1.82, 2.24) is 9.38 Å². The smallest absolute Gasteiger partial charge is 0.137 e. The van der Waals surface area contributed by atoms with Crippen molar-refractivity contribution in [1.29, 1.82) is 0 Å². The van der Waals surface area contributed by atoms with E-state index in [1.807, 2.05) is 53.1 Å². The van der Waals surface area contributed by atoms with Crippen molar-refractivity contribution in [3.8, 4) is 11.3 Å². The number of hydrogen-bond donors (Lipinski definition) is 0. The van der Waals surface area contributed by atoms with Crippen LogP contribution >= 0.6 is 23.2 Å². The molecule has 0 amide bonds. The highest BCUT2D eigenvalue weighted by Gasteiger charge is 2.12. The SMILES string of the molecule is ClCc1c(-c2ccc(Cl)cc2)nc2ccccn12. The number of fused-ring (bicyclic) bond motifs is 1. The van der Waals surface area contributed by atoms with E-state index in [4.69, 9.17) is 23.2 Å². The maximum Gasteiger partial charge on any atom is 0.137 e. The summed E-state index contributed by atoms with van der Waals surface area (Å²) in [5.41, 5.74) is 3.83. The van der Waals surface area contributed by atoms with Gasteiger partial charge in [0.1, 0.15) is 5.65 Å². The third-order valence-corrected chi connectivity index (χ3v) is 3.38. The first-order chi connectivity index (χ1) is 8.79. The van der Waals surface area contributed by atoms with Gasteiger partial charge in [-0.2, -0.15) is 0 Å². The Kier molecular flexibility index (Phi) is 2.98. The van der Waals surface area contributed by atoms with E-state index in [1.54, 1.807) is 0 Å². The summed E-state index contributed by atoms with van der Waals surface area (Å²) in [7, 11) is 0. The van der Waals surface area contributed by atoms with Gasteiger partial charge in [-0.25, -0.2) is 4.98 Å². The van der Waals surface area contributed by atoms with E-state index in [-0.39, 0.29) is 0 Å². The molecule has 0 spiro atoms. The molecule has 0 N–H and O–H groups in total. The highest BCUT2D eigenvalue weighted by atomic mass is 35.5. The molecular formula is C14H10Cl2N2. The monoisotopic (exact) mass is 276 g/mol. The normalized spacial score (nSPS) is 11.0. The Balaban J connectivity index is 2.25. The van der Waals surface area contributed by atoms with Crippen LogP contribution in [-0.4, -0.2) is 9.38 Å². The van der Waals surface area contributed by atoms with Crippen molar-refractivity contribution in [2.24, 2.45) is 0 Å². The van der Waals surface area contributed by atoms with Gasteiger partial charge >= 0.3 is 0 Å². The first kappa shape index (κ1) is 11.6. The lowest BCUT2D eigenvalue weighted by molar-refractivity contribution is 1.09. The number of aromatic nitrogens is 2. The zero-order chi connectivity index (χ0) is 12.5. The van der Waals surface area contributed by atoms with Crippen LogP contribution in [-0.2, 0) is 5.88 Å². The Morgan fingerprint density at radius 1 is 1.06 bits per heavy atom. The van der Waals surface area contributed by atoms with Gasteiger partial charge in [0.2, 0.25) is 0 Å². The molecule has 0 fully saturated rings. The average Bonchev–Trinajstić information content (AvgIpc) is 2.78. The van der Waals surface area contributed by atoms with Crippen molar-refractivity contribution in [2.75, 3.05) is 0 Å². The molecule has 2 heterocycles. The summed E-state index contributed by atoms with van der Waals surface area (Å²) in [6.07, 6.45) is 1.97. The lowest BCUT2D eigenvalue weighted by Gasteiger charge is -2.01. The lowest BCUT2D eigenvalue weighted by atomic mass is 10.1. The number of rotatable bonds is 2. The molecule has 1 aromatic carbocycles. The fourth-order valence-corrected chi connectivity index (χ4v) is 2.39. The first-order valence-electron chi connectivity index (χ1n) is 5.57. The number of benzene rings is 1. The number of imidazole rings is 1. The summed E-state index contributed by atoms with van der Waals surface area (Å²) >= 11 is 11.9. The largest absolute Gasteiger partial charge is 0.302 e. The zero-order valence-corrected chi connectivity index (χ0v) is 11.0. The molecule has 90 valence electrons. The third kappa shape index (κ3) is 1.88. The minimum absolute atomic E-state index is 0.420. The van der Waals surface area contributed by atoms with E-state index in [1.165, 1.54) is 0 Å². The Morgan fingerprint density at radius 2 is 1.83 bits per heavy atom. The molecule has 0 unspecified atom stereocenters. The fourth-order valence-electron chi connectivity index (χ4n) is 2.01. The van der Waals surface area contributed by atoms with Crippen molar-refractivity contribution in [2.45, 2.75) is 5.88 Å². The van der Waals surface area contributed by atoms with Crippen LogP contribution in [0, 0.1) is 0 Å². The quantitative estimate of drug-likeness (QED) is 0.635. The van der Waals surface area contributed by atoms with Gasteiger partial charge in [-0.1, -0.05) is 29.8 Å². The van der Waals surface area contributed by atoms with E-state index >= 15 is 0 Å². The standard InChI is InChI=1S/C14H10Cl2N2/c15-9-12-14(10-4-6-11(16)7-5-10)17-13-3-1-2-8-18(12)13/h1-8H,9H2. The summed E-state index contributed by atoms with van der Waals surface area (Å²) in [4.78, 5) is 4.62. The number of hydrogen-bond acceptors (Lipinski definition) is 1. The van der Waals surface area contributed by atoms with E-state index in [0.29, 0.717) is 5.88 Å². The lowest BCUT2D eigenvalue weighted by Crippen LogP contribution is -1.90. The number of halogens is 2. The van der Waals surface area contributed by atoms with E-state index < -0.39 is 0 Å². The summed E-state index contributed by atoms with van der Waals surface area (Å²) in [5.74, 6) is 0.420. The average molecular weight is 277 g/mol. The van der Waals surface area contributed by atoms with Crippen LogP contribution in [0.2, 0.25) is 5.02 Å². The molecule has 0 atom stereocenters. The van der Waals surface area contributed by atoms with Gasteiger partial charge in [-0.15, -0.1) is 11.6 Å². The second-order valence-electron chi connectivity index (χ2n) is 3.98. The van der Waals surface area contributed by atoms with Crippen molar-refractivity contribution >= 4 is 28.8 Å². The van der Waals surface area contributed by atoms with E-state index in [0.717, 1.165) is 27.6 Å². The number of pyridine rings is 1. The van der Waals surface area contributed by atoms with Gasteiger partial charge in [0, 0.05) is 16.8 Å². The van der Waals surface area contributed by atoms with Crippen LogP contribution in [0.4, 0.5) is 0 Å². The van der Waals surface area contributed by atoms with Crippen LogP contribution in [0.5, 0.6) is 0 Å². The van der Waals surface area contributed by atoms with Gasteiger partial charge in [-0.05, 0) is 24.3 Å². The van der Waals surface area contributed by atoms with E-state index in [2.05, 4.69) is 4.98 Å². The molecule has 18 heavy (non-hydrogen) atoms. The highest BCUT2D eigenvalue weighted by molar-refractivity contribution is 6.30. The molecular weight excluding hydrogens is 267 g/mol.